The average molecular weight is 505 g/mol. The third kappa shape index (κ3) is 9.11. The quantitative estimate of drug-likeness (QED) is 0.281. The second-order valence-electron chi connectivity index (χ2n) is 9.09. The summed E-state index contributed by atoms with van der Waals surface area (Å²) in [6, 6.07) is 3.43. The second kappa shape index (κ2) is 14.4. The molecule has 1 heterocycles. The number of dihydropyridines is 1. The predicted molar refractivity (Wildman–Crippen MR) is 137 cm³/mol. The van der Waals surface area contributed by atoms with Gasteiger partial charge in [-0.15, -0.1) is 0 Å². The Labute approximate surface area is 213 Å². The number of methoxy groups -OCH3 is 1. The Morgan fingerprint density at radius 1 is 1.11 bits per heavy atom. The van der Waals surface area contributed by atoms with Gasteiger partial charge in [0.15, 0.2) is 11.5 Å². The van der Waals surface area contributed by atoms with Gasteiger partial charge >= 0.3 is 11.9 Å². The maximum Gasteiger partial charge on any atom is 0.302 e. The number of phenolic OH excluding ortho intramolecular Hbond substituents is 1. The van der Waals surface area contributed by atoms with E-state index in [9.17, 15) is 19.8 Å². The molecule has 2 rings (SSSR count). The molecule has 0 spiro atoms. The van der Waals surface area contributed by atoms with E-state index in [2.05, 4.69) is 5.32 Å². The van der Waals surface area contributed by atoms with Gasteiger partial charge in [-0.1, -0.05) is 19.4 Å². The monoisotopic (exact) mass is 504 g/mol. The highest BCUT2D eigenvalue weighted by molar-refractivity contribution is 5.79. The normalized spacial score (nSPS) is 15.6. The lowest BCUT2D eigenvalue weighted by Gasteiger charge is -2.25. The molecule has 0 radical (unpaired) electrons. The summed E-state index contributed by atoms with van der Waals surface area (Å²) < 4.78 is 16.5. The van der Waals surface area contributed by atoms with Gasteiger partial charge in [0.1, 0.15) is 12.2 Å². The molecule has 1 aliphatic rings. The number of rotatable bonds is 14. The number of aryl methyl sites for hydroxylation is 1. The molecule has 0 saturated heterocycles. The summed E-state index contributed by atoms with van der Waals surface area (Å²) in [6.45, 7) is 5.36. The number of ether oxygens (including phenoxy) is 3. The van der Waals surface area contributed by atoms with Gasteiger partial charge in [0.25, 0.3) is 0 Å². The number of aliphatic hydroxyl groups excluding tert-OH is 1. The van der Waals surface area contributed by atoms with Crippen molar-refractivity contribution < 1.29 is 34.0 Å². The van der Waals surface area contributed by atoms with Gasteiger partial charge in [0.05, 0.1) is 12.9 Å². The number of allylic oxidation sites excluding steroid dienone is 2. The highest BCUT2D eigenvalue weighted by Crippen LogP contribution is 2.35. The number of nitrogens with one attached hydrogen (secondary N) is 1. The number of carbonyl (C=O) groups is 2. The number of aliphatic hydroxyl groups is 1. The zero-order chi connectivity index (χ0) is 26.7. The summed E-state index contributed by atoms with van der Waals surface area (Å²) in [5.41, 5.74) is 8.53. The van der Waals surface area contributed by atoms with Crippen LogP contribution in [0.4, 0.5) is 0 Å². The highest BCUT2D eigenvalue weighted by atomic mass is 16.6. The van der Waals surface area contributed by atoms with Crippen LogP contribution in [0.5, 0.6) is 11.5 Å². The fourth-order valence-corrected chi connectivity index (χ4v) is 4.37. The first-order chi connectivity index (χ1) is 17.2. The van der Waals surface area contributed by atoms with Crippen molar-refractivity contribution in [1.82, 2.24) is 5.32 Å². The van der Waals surface area contributed by atoms with E-state index < -0.39 is 24.1 Å². The number of nitrogens with two attached hydrogens (primary N) is 1. The Morgan fingerprint density at radius 2 is 1.78 bits per heavy atom. The second-order valence-corrected chi connectivity index (χ2v) is 9.09. The number of aromatic hydroxyl groups is 1. The highest BCUT2D eigenvalue weighted by Gasteiger charge is 2.24. The van der Waals surface area contributed by atoms with Crippen molar-refractivity contribution in [1.29, 1.82) is 0 Å². The maximum absolute atomic E-state index is 11.9. The third-order valence-electron chi connectivity index (χ3n) is 6.31. The van der Waals surface area contributed by atoms with Crippen molar-refractivity contribution in [3.63, 3.8) is 0 Å². The van der Waals surface area contributed by atoms with Gasteiger partial charge in [-0.25, -0.2) is 0 Å². The van der Waals surface area contributed by atoms with Crippen LogP contribution in [0, 0.1) is 5.92 Å². The van der Waals surface area contributed by atoms with Crippen molar-refractivity contribution in [3.05, 3.63) is 41.2 Å². The molecule has 9 heteroatoms. The van der Waals surface area contributed by atoms with E-state index >= 15 is 0 Å². The summed E-state index contributed by atoms with van der Waals surface area (Å²) in [5.74, 6) is 0.209. The zero-order valence-electron chi connectivity index (χ0n) is 21.7. The molecular formula is C27H40N2O7. The van der Waals surface area contributed by atoms with Gasteiger partial charge < -0.3 is 35.5 Å². The van der Waals surface area contributed by atoms with E-state index in [0.29, 0.717) is 50.2 Å². The molecule has 9 nitrogen and oxygen atoms in total. The lowest BCUT2D eigenvalue weighted by atomic mass is 9.92. The van der Waals surface area contributed by atoms with Crippen molar-refractivity contribution in [2.75, 3.05) is 20.3 Å². The van der Waals surface area contributed by atoms with Crippen molar-refractivity contribution >= 4 is 17.5 Å². The molecule has 1 aromatic rings. The van der Waals surface area contributed by atoms with E-state index in [1.54, 1.807) is 18.2 Å². The van der Waals surface area contributed by atoms with Crippen LogP contribution in [-0.2, 0) is 25.5 Å². The number of phenols is 1. The summed E-state index contributed by atoms with van der Waals surface area (Å²) in [7, 11) is 1.49. The molecule has 0 aliphatic carbocycles. The Bertz CT molecular complexity index is 954. The molecule has 5 N–H and O–H groups in total. The van der Waals surface area contributed by atoms with Crippen LogP contribution in [0.15, 0.2) is 30.1 Å². The molecule has 36 heavy (non-hydrogen) atoms. The topological polar surface area (TPSA) is 140 Å². The van der Waals surface area contributed by atoms with Crippen LogP contribution in [0.3, 0.4) is 0 Å². The van der Waals surface area contributed by atoms with Crippen molar-refractivity contribution in [3.8, 4) is 11.5 Å². The summed E-state index contributed by atoms with van der Waals surface area (Å²) in [5, 5.41) is 23.0. The summed E-state index contributed by atoms with van der Waals surface area (Å²) >= 11 is 0. The molecule has 3 unspecified atom stereocenters. The Hall–Kier alpha value is -3.20. The lowest BCUT2D eigenvalue weighted by Crippen LogP contribution is -2.27. The lowest BCUT2D eigenvalue weighted by molar-refractivity contribution is -0.153. The smallest absolute Gasteiger partial charge is 0.302 e. The van der Waals surface area contributed by atoms with Crippen molar-refractivity contribution in [2.45, 2.75) is 71.5 Å². The third-order valence-corrected chi connectivity index (χ3v) is 6.31. The molecule has 0 aromatic heterocycles. The summed E-state index contributed by atoms with van der Waals surface area (Å²) in [4.78, 5) is 23.6. The van der Waals surface area contributed by atoms with Gasteiger partial charge in [0, 0.05) is 33.4 Å². The number of hydrogen-bond acceptors (Lipinski definition) is 9. The zero-order valence-corrected chi connectivity index (χ0v) is 21.7. The van der Waals surface area contributed by atoms with E-state index in [-0.39, 0.29) is 18.3 Å². The van der Waals surface area contributed by atoms with Crippen molar-refractivity contribution in [2.24, 2.45) is 11.7 Å². The first-order valence-corrected chi connectivity index (χ1v) is 12.4. The molecule has 0 amide bonds. The van der Waals surface area contributed by atoms with Crippen LogP contribution in [0.2, 0.25) is 0 Å². The Kier molecular flexibility index (Phi) is 11.6. The summed E-state index contributed by atoms with van der Waals surface area (Å²) in [6.07, 6.45) is 6.30. The number of hydrogen-bond donors (Lipinski definition) is 4. The number of benzene rings is 1. The van der Waals surface area contributed by atoms with Gasteiger partial charge in [-0.05, 0) is 66.5 Å². The molecule has 0 bridgehead atoms. The van der Waals surface area contributed by atoms with Gasteiger partial charge in [-0.2, -0.15) is 0 Å². The first kappa shape index (κ1) is 29.0. The fraction of sp³-hybridized carbons (Fsp3) is 0.556. The van der Waals surface area contributed by atoms with Crippen LogP contribution >= 0.6 is 0 Å². The molecule has 1 aromatic carbocycles. The average Bonchev–Trinajstić information content (AvgIpc) is 2.82. The molecule has 200 valence electrons. The SMILES string of the molecule is CCC(CO)CCC(CC(CCc1cc(OC)c(O)cc1C1=CCNC(N)=C1)OC(C)=O)OC(C)=O. The predicted octanol–water partition coefficient (Wildman–Crippen LogP) is 3.17. The first-order valence-electron chi connectivity index (χ1n) is 12.4. The Morgan fingerprint density at radius 3 is 2.33 bits per heavy atom. The number of esters is 2. The Balaban J connectivity index is 2.25. The van der Waals surface area contributed by atoms with Crippen LogP contribution in [-0.4, -0.2) is 54.6 Å². The maximum atomic E-state index is 11.9. The van der Waals surface area contributed by atoms with Crippen LogP contribution in [0.1, 0.15) is 64.0 Å². The van der Waals surface area contributed by atoms with Gasteiger partial charge in [0.2, 0.25) is 0 Å². The van der Waals surface area contributed by atoms with Gasteiger partial charge in [-0.3, -0.25) is 9.59 Å². The molecule has 0 fully saturated rings. The largest absolute Gasteiger partial charge is 0.504 e. The minimum Gasteiger partial charge on any atom is -0.504 e. The van der Waals surface area contributed by atoms with E-state index in [1.807, 2.05) is 13.0 Å². The minimum atomic E-state index is -0.490. The molecule has 1 aliphatic heterocycles. The molecular weight excluding hydrogens is 464 g/mol. The van der Waals surface area contributed by atoms with E-state index in [4.69, 9.17) is 19.9 Å². The number of carbonyl (C=O) groups excluding carboxylic acids is 2. The standard InChI is InChI=1S/C27H40N2O7/c1-5-19(16-30)6-8-22(35-17(2)31)14-23(36-18(3)32)9-7-20-12-26(34-4)25(33)15-24(20)21-10-11-29-27(28)13-21/h10,12-13,15,19,22-23,29-30,33H,5-9,11,14,16,28H2,1-4H3. The minimum absolute atomic E-state index is 0.0171. The fourth-order valence-electron chi connectivity index (χ4n) is 4.37. The van der Waals surface area contributed by atoms with Crippen LogP contribution in [0.25, 0.3) is 5.57 Å². The van der Waals surface area contributed by atoms with Crippen LogP contribution < -0.4 is 15.8 Å². The molecule has 3 atom stereocenters. The molecule has 0 saturated carbocycles. The van der Waals surface area contributed by atoms with E-state index in [0.717, 1.165) is 23.1 Å². The van der Waals surface area contributed by atoms with E-state index in [1.165, 1.54) is 21.0 Å².